The zero-order valence-corrected chi connectivity index (χ0v) is 10.1. The summed E-state index contributed by atoms with van der Waals surface area (Å²) < 4.78 is 0. The maximum absolute atomic E-state index is 11.5. The molecule has 1 aromatic heterocycles. The van der Waals surface area contributed by atoms with Crippen LogP contribution in [0.1, 0.15) is 11.4 Å². The van der Waals surface area contributed by atoms with Crippen LogP contribution in [0.3, 0.4) is 0 Å². The van der Waals surface area contributed by atoms with Crippen molar-refractivity contribution in [2.45, 2.75) is 6.54 Å². The molecule has 0 saturated heterocycles. The van der Waals surface area contributed by atoms with E-state index in [1.165, 1.54) is 6.08 Å². The molecule has 1 aromatic carbocycles. The average molecular weight is 264 g/mol. The van der Waals surface area contributed by atoms with Gasteiger partial charge in [-0.2, -0.15) is 5.21 Å². The maximum Gasteiger partial charge on any atom is 0.244 e. The highest BCUT2D eigenvalue weighted by atomic mass is 35.5. The molecule has 2 N–H and O–H groups in total. The molecule has 1 heterocycles. The first-order valence-electron chi connectivity index (χ1n) is 5.18. The van der Waals surface area contributed by atoms with Gasteiger partial charge in [0.25, 0.3) is 0 Å². The van der Waals surface area contributed by atoms with E-state index in [2.05, 4.69) is 25.9 Å². The Hall–Kier alpha value is -2.21. The van der Waals surface area contributed by atoms with Crippen LogP contribution >= 0.6 is 11.6 Å². The summed E-state index contributed by atoms with van der Waals surface area (Å²) in [5.41, 5.74) is 0.859. The summed E-state index contributed by atoms with van der Waals surface area (Å²) in [4.78, 5) is 11.5. The predicted molar refractivity (Wildman–Crippen MR) is 66.5 cm³/mol. The molecule has 0 aliphatic rings. The topological polar surface area (TPSA) is 83.6 Å². The SMILES string of the molecule is O=C(C=Cc1cccc(Cl)c1)NCc1nn[nH]n1. The van der Waals surface area contributed by atoms with Crippen LogP contribution in [0.4, 0.5) is 0 Å². The number of nitrogens with one attached hydrogen (secondary N) is 2. The Morgan fingerprint density at radius 2 is 2.39 bits per heavy atom. The molecule has 0 unspecified atom stereocenters. The molecular formula is C11H10ClN5O. The number of carbonyl (C=O) groups is 1. The van der Waals surface area contributed by atoms with Gasteiger partial charge in [-0.15, -0.1) is 10.2 Å². The van der Waals surface area contributed by atoms with E-state index in [0.717, 1.165) is 5.56 Å². The Morgan fingerprint density at radius 1 is 1.50 bits per heavy atom. The van der Waals surface area contributed by atoms with Crippen molar-refractivity contribution in [2.24, 2.45) is 0 Å². The first kappa shape index (κ1) is 12.3. The van der Waals surface area contributed by atoms with E-state index < -0.39 is 0 Å². The van der Waals surface area contributed by atoms with Crippen molar-refractivity contribution >= 4 is 23.6 Å². The van der Waals surface area contributed by atoms with E-state index in [0.29, 0.717) is 10.8 Å². The molecule has 0 atom stereocenters. The Bertz CT molecular complexity index is 552. The number of hydrogen-bond donors (Lipinski definition) is 2. The quantitative estimate of drug-likeness (QED) is 0.812. The number of rotatable bonds is 4. The molecule has 6 nitrogen and oxygen atoms in total. The second kappa shape index (κ2) is 5.92. The van der Waals surface area contributed by atoms with Crippen LogP contribution in [-0.2, 0) is 11.3 Å². The van der Waals surface area contributed by atoms with Crippen LogP contribution in [0.25, 0.3) is 6.08 Å². The Labute approximate surface area is 108 Å². The van der Waals surface area contributed by atoms with Gasteiger partial charge in [-0.1, -0.05) is 28.9 Å². The fourth-order valence-corrected chi connectivity index (χ4v) is 1.46. The first-order valence-corrected chi connectivity index (χ1v) is 5.55. The van der Waals surface area contributed by atoms with Gasteiger partial charge >= 0.3 is 0 Å². The number of carbonyl (C=O) groups excluding carboxylic acids is 1. The minimum Gasteiger partial charge on any atom is -0.345 e. The summed E-state index contributed by atoms with van der Waals surface area (Å²) in [6.45, 7) is 0.231. The molecule has 2 aromatic rings. The van der Waals surface area contributed by atoms with Crippen LogP contribution in [0.2, 0.25) is 5.02 Å². The monoisotopic (exact) mass is 263 g/mol. The predicted octanol–water partition coefficient (Wildman–Crippen LogP) is 1.18. The molecule has 0 bridgehead atoms. The van der Waals surface area contributed by atoms with Gasteiger partial charge in [-0.05, 0) is 23.8 Å². The lowest BCUT2D eigenvalue weighted by Crippen LogP contribution is -2.20. The number of H-pyrrole nitrogens is 1. The molecule has 0 radical (unpaired) electrons. The highest BCUT2D eigenvalue weighted by molar-refractivity contribution is 6.30. The van der Waals surface area contributed by atoms with Gasteiger partial charge < -0.3 is 5.32 Å². The molecule has 0 fully saturated rings. The van der Waals surface area contributed by atoms with Crippen LogP contribution in [0.5, 0.6) is 0 Å². The number of tetrazole rings is 1. The summed E-state index contributed by atoms with van der Waals surface area (Å²) in [5.74, 6) is 0.194. The van der Waals surface area contributed by atoms with E-state index in [1.54, 1.807) is 18.2 Å². The number of amides is 1. The summed E-state index contributed by atoms with van der Waals surface area (Å²) in [6, 6.07) is 7.22. The van der Waals surface area contributed by atoms with Gasteiger partial charge in [-0.25, -0.2) is 0 Å². The fourth-order valence-electron chi connectivity index (χ4n) is 1.26. The van der Waals surface area contributed by atoms with Gasteiger partial charge in [0, 0.05) is 11.1 Å². The Morgan fingerprint density at radius 3 is 3.11 bits per heavy atom. The van der Waals surface area contributed by atoms with Crippen molar-refractivity contribution < 1.29 is 4.79 Å². The number of benzene rings is 1. The minimum atomic E-state index is -0.236. The van der Waals surface area contributed by atoms with Gasteiger partial charge in [0.1, 0.15) is 0 Å². The van der Waals surface area contributed by atoms with Crippen LogP contribution in [0.15, 0.2) is 30.3 Å². The molecule has 1 amide bonds. The van der Waals surface area contributed by atoms with Gasteiger partial charge in [0.2, 0.25) is 5.91 Å². The van der Waals surface area contributed by atoms with Crippen LogP contribution in [-0.4, -0.2) is 26.5 Å². The largest absolute Gasteiger partial charge is 0.345 e. The van der Waals surface area contributed by atoms with Crippen molar-refractivity contribution in [3.63, 3.8) is 0 Å². The lowest BCUT2D eigenvalue weighted by atomic mass is 10.2. The molecule has 0 saturated carbocycles. The van der Waals surface area contributed by atoms with Gasteiger partial charge in [0.05, 0.1) is 6.54 Å². The zero-order chi connectivity index (χ0) is 12.8. The number of hydrogen-bond acceptors (Lipinski definition) is 4. The molecule has 0 aliphatic heterocycles. The van der Waals surface area contributed by atoms with Crippen LogP contribution in [0, 0.1) is 0 Å². The Balaban J connectivity index is 1.87. The Kier molecular flexibility index (Phi) is 4.03. The molecule has 18 heavy (non-hydrogen) atoms. The van der Waals surface area contributed by atoms with E-state index in [9.17, 15) is 4.79 Å². The first-order chi connectivity index (χ1) is 8.74. The van der Waals surface area contributed by atoms with E-state index in [1.807, 2.05) is 12.1 Å². The highest BCUT2D eigenvalue weighted by Crippen LogP contribution is 2.11. The smallest absolute Gasteiger partial charge is 0.244 e. The normalized spacial score (nSPS) is 10.7. The van der Waals surface area contributed by atoms with E-state index in [4.69, 9.17) is 11.6 Å². The zero-order valence-electron chi connectivity index (χ0n) is 9.30. The molecule has 2 rings (SSSR count). The van der Waals surface area contributed by atoms with Crippen molar-refractivity contribution in [2.75, 3.05) is 0 Å². The van der Waals surface area contributed by atoms with Crippen molar-refractivity contribution in [3.05, 3.63) is 46.8 Å². The van der Waals surface area contributed by atoms with Crippen molar-refractivity contribution in [1.82, 2.24) is 25.9 Å². The van der Waals surface area contributed by atoms with Gasteiger partial charge in [0.15, 0.2) is 5.82 Å². The van der Waals surface area contributed by atoms with Crippen molar-refractivity contribution in [3.8, 4) is 0 Å². The summed E-state index contributed by atoms with van der Waals surface area (Å²) >= 11 is 5.83. The standard InChI is InChI=1S/C11H10ClN5O/c12-9-3-1-2-8(6-9)4-5-11(18)13-7-10-14-16-17-15-10/h1-6H,7H2,(H,13,18)(H,14,15,16,17). The van der Waals surface area contributed by atoms with Crippen LogP contribution < -0.4 is 5.32 Å². The number of halogens is 1. The molecule has 7 heteroatoms. The van der Waals surface area contributed by atoms with Crippen molar-refractivity contribution in [1.29, 1.82) is 0 Å². The summed E-state index contributed by atoms with van der Waals surface area (Å²) in [7, 11) is 0. The average Bonchev–Trinajstić information content (AvgIpc) is 2.87. The molecule has 92 valence electrons. The fraction of sp³-hybridized carbons (Fsp3) is 0.0909. The third kappa shape index (κ3) is 3.67. The highest BCUT2D eigenvalue weighted by Gasteiger charge is 2.00. The van der Waals surface area contributed by atoms with Gasteiger partial charge in [-0.3, -0.25) is 4.79 Å². The second-order valence-corrected chi connectivity index (χ2v) is 3.87. The third-order valence-electron chi connectivity index (χ3n) is 2.09. The summed E-state index contributed by atoms with van der Waals surface area (Å²) in [5, 5.41) is 16.4. The number of aromatic amines is 1. The van der Waals surface area contributed by atoms with E-state index in [-0.39, 0.29) is 12.5 Å². The lowest BCUT2D eigenvalue weighted by Gasteiger charge is -1.97. The number of aromatic nitrogens is 4. The molecule has 0 aliphatic carbocycles. The van der Waals surface area contributed by atoms with E-state index >= 15 is 0 Å². The minimum absolute atomic E-state index is 0.231. The summed E-state index contributed by atoms with van der Waals surface area (Å²) in [6.07, 6.45) is 3.10. The molecule has 0 spiro atoms. The third-order valence-corrected chi connectivity index (χ3v) is 2.32. The molecular weight excluding hydrogens is 254 g/mol. The number of nitrogens with zero attached hydrogens (tertiary/aromatic N) is 3. The lowest BCUT2D eigenvalue weighted by molar-refractivity contribution is -0.116. The maximum atomic E-state index is 11.5. The second-order valence-electron chi connectivity index (χ2n) is 3.43.